The lowest BCUT2D eigenvalue weighted by Gasteiger charge is -2.01. The normalized spacial score (nSPS) is 11.1. The molecule has 0 bridgehead atoms. The summed E-state index contributed by atoms with van der Waals surface area (Å²) in [5.74, 6) is 0.861. The van der Waals surface area contributed by atoms with Crippen molar-refractivity contribution in [3.05, 3.63) is 39.5 Å². The van der Waals surface area contributed by atoms with Gasteiger partial charge < -0.3 is 14.6 Å². The van der Waals surface area contributed by atoms with Crippen LogP contribution < -0.4 is 0 Å². The SMILES string of the molecule is Cc1cc(O)ccc1-c1nc2cc(O)cc(I)c2o1. The highest BCUT2D eigenvalue weighted by Gasteiger charge is 2.13. The van der Waals surface area contributed by atoms with E-state index in [2.05, 4.69) is 27.6 Å². The average molecular weight is 367 g/mol. The Labute approximate surface area is 122 Å². The number of phenolic OH excluding ortho intramolecular Hbond substituents is 2. The minimum absolute atomic E-state index is 0.166. The van der Waals surface area contributed by atoms with Crippen molar-refractivity contribution >= 4 is 33.7 Å². The number of fused-ring (bicyclic) bond motifs is 1. The molecule has 0 spiro atoms. The van der Waals surface area contributed by atoms with Gasteiger partial charge in [0.15, 0.2) is 5.58 Å². The number of aromatic hydroxyl groups is 2. The van der Waals surface area contributed by atoms with Gasteiger partial charge in [0.25, 0.3) is 0 Å². The molecular formula is C14H10INO3. The Morgan fingerprint density at radius 2 is 1.89 bits per heavy atom. The molecule has 3 rings (SSSR count). The van der Waals surface area contributed by atoms with Gasteiger partial charge in [-0.1, -0.05) is 0 Å². The molecule has 1 aromatic heterocycles. The van der Waals surface area contributed by atoms with Crippen LogP contribution in [0.3, 0.4) is 0 Å². The van der Waals surface area contributed by atoms with Crippen LogP contribution in [0.25, 0.3) is 22.6 Å². The number of oxazole rings is 1. The summed E-state index contributed by atoms with van der Waals surface area (Å²) in [6.07, 6.45) is 0. The van der Waals surface area contributed by atoms with E-state index in [0.717, 1.165) is 14.7 Å². The van der Waals surface area contributed by atoms with Crippen molar-refractivity contribution < 1.29 is 14.6 Å². The molecule has 0 aliphatic rings. The van der Waals surface area contributed by atoms with Gasteiger partial charge in [0.05, 0.1) is 3.57 Å². The fourth-order valence-corrected chi connectivity index (χ4v) is 2.69. The van der Waals surface area contributed by atoms with Crippen molar-refractivity contribution in [2.24, 2.45) is 0 Å². The standard InChI is InChI=1S/C14H10INO3/c1-7-4-8(17)2-3-10(7)14-16-12-6-9(18)5-11(15)13(12)19-14/h2-6,17-18H,1H3. The first kappa shape index (κ1) is 12.3. The summed E-state index contributed by atoms with van der Waals surface area (Å²) in [5.41, 5.74) is 2.97. The third-order valence-corrected chi connectivity index (χ3v) is 3.67. The molecule has 0 aliphatic heterocycles. The second-order valence-electron chi connectivity index (χ2n) is 4.29. The Hall–Kier alpha value is -1.76. The fourth-order valence-electron chi connectivity index (χ4n) is 1.98. The minimum atomic E-state index is 0.166. The maximum absolute atomic E-state index is 9.56. The van der Waals surface area contributed by atoms with Gasteiger partial charge >= 0.3 is 0 Å². The van der Waals surface area contributed by atoms with E-state index in [1.54, 1.807) is 30.3 Å². The van der Waals surface area contributed by atoms with Gasteiger partial charge in [0.2, 0.25) is 5.89 Å². The van der Waals surface area contributed by atoms with E-state index in [4.69, 9.17) is 4.42 Å². The second-order valence-corrected chi connectivity index (χ2v) is 5.46. The molecule has 5 heteroatoms. The summed E-state index contributed by atoms with van der Waals surface area (Å²) >= 11 is 2.10. The molecule has 1 heterocycles. The van der Waals surface area contributed by atoms with Crippen LogP contribution in [0.5, 0.6) is 11.5 Å². The van der Waals surface area contributed by atoms with Gasteiger partial charge in [-0.2, -0.15) is 0 Å². The van der Waals surface area contributed by atoms with Gasteiger partial charge in [-0.25, -0.2) is 4.98 Å². The van der Waals surface area contributed by atoms with E-state index in [1.165, 1.54) is 0 Å². The molecular weight excluding hydrogens is 357 g/mol. The Kier molecular flexibility index (Phi) is 2.85. The van der Waals surface area contributed by atoms with Crippen molar-refractivity contribution in [3.8, 4) is 23.0 Å². The van der Waals surface area contributed by atoms with Crippen LogP contribution in [0.4, 0.5) is 0 Å². The van der Waals surface area contributed by atoms with Crippen molar-refractivity contribution in [1.82, 2.24) is 4.98 Å². The molecule has 19 heavy (non-hydrogen) atoms. The molecule has 0 atom stereocenters. The molecule has 0 saturated carbocycles. The smallest absolute Gasteiger partial charge is 0.227 e. The Balaban J connectivity index is 2.23. The number of benzene rings is 2. The van der Waals surface area contributed by atoms with Gasteiger partial charge in [-0.15, -0.1) is 0 Å². The zero-order chi connectivity index (χ0) is 13.6. The molecule has 0 amide bonds. The van der Waals surface area contributed by atoms with E-state index in [1.807, 2.05) is 6.92 Å². The monoisotopic (exact) mass is 367 g/mol. The summed E-state index contributed by atoms with van der Waals surface area (Å²) in [6, 6.07) is 8.22. The maximum Gasteiger partial charge on any atom is 0.227 e. The molecule has 0 saturated heterocycles. The highest BCUT2D eigenvalue weighted by molar-refractivity contribution is 14.1. The number of hydrogen-bond acceptors (Lipinski definition) is 4. The molecule has 0 unspecified atom stereocenters. The molecule has 2 N–H and O–H groups in total. The van der Waals surface area contributed by atoms with Gasteiger partial charge in [-0.05, 0) is 59.3 Å². The van der Waals surface area contributed by atoms with Gasteiger partial charge in [-0.3, -0.25) is 0 Å². The largest absolute Gasteiger partial charge is 0.508 e. The van der Waals surface area contributed by atoms with Crippen LogP contribution in [-0.2, 0) is 0 Å². The predicted molar refractivity (Wildman–Crippen MR) is 80.2 cm³/mol. The van der Waals surface area contributed by atoms with Crippen LogP contribution in [0.15, 0.2) is 34.7 Å². The van der Waals surface area contributed by atoms with Crippen LogP contribution in [0, 0.1) is 10.5 Å². The number of nitrogens with zero attached hydrogens (tertiary/aromatic N) is 1. The van der Waals surface area contributed by atoms with Crippen LogP contribution >= 0.6 is 22.6 Å². The zero-order valence-electron chi connectivity index (χ0n) is 10.0. The highest BCUT2D eigenvalue weighted by Crippen LogP contribution is 2.32. The average Bonchev–Trinajstić information content (AvgIpc) is 2.72. The Morgan fingerprint density at radius 3 is 2.63 bits per heavy atom. The van der Waals surface area contributed by atoms with E-state index in [-0.39, 0.29) is 11.5 Å². The molecule has 96 valence electrons. The summed E-state index contributed by atoms with van der Waals surface area (Å²) in [7, 11) is 0. The van der Waals surface area contributed by atoms with Crippen molar-refractivity contribution in [3.63, 3.8) is 0 Å². The Bertz CT molecular complexity index is 780. The minimum Gasteiger partial charge on any atom is -0.508 e. The topological polar surface area (TPSA) is 66.5 Å². The molecule has 0 aliphatic carbocycles. The first-order valence-corrected chi connectivity index (χ1v) is 6.71. The Morgan fingerprint density at radius 1 is 1.11 bits per heavy atom. The van der Waals surface area contributed by atoms with Crippen LogP contribution in [0.2, 0.25) is 0 Å². The van der Waals surface area contributed by atoms with Crippen LogP contribution in [0.1, 0.15) is 5.56 Å². The highest BCUT2D eigenvalue weighted by atomic mass is 127. The summed E-state index contributed by atoms with van der Waals surface area (Å²) < 4.78 is 6.56. The van der Waals surface area contributed by atoms with E-state index >= 15 is 0 Å². The third kappa shape index (κ3) is 2.14. The third-order valence-electron chi connectivity index (χ3n) is 2.87. The first-order chi connectivity index (χ1) is 9.04. The number of rotatable bonds is 1. The predicted octanol–water partition coefficient (Wildman–Crippen LogP) is 3.82. The molecule has 2 aromatic carbocycles. The molecule has 4 nitrogen and oxygen atoms in total. The number of phenols is 2. The van der Waals surface area contributed by atoms with E-state index in [0.29, 0.717) is 17.0 Å². The number of aryl methyl sites for hydroxylation is 1. The summed E-state index contributed by atoms with van der Waals surface area (Å²) in [6.45, 7) is 1.88. The lowest BCUT2D eigenvalue weighted by atomic mass is 10.1. The quantitative estimate of drug-likeness (QED) is 0.642. The van der Waals surface area contributed by atoms with Gasteiger partial charge in [0, 0.05) is 11.6 Å². The summed E-state index contributed by atoms with van der Waals surface area (Å²) in [5, 5.41) is 19.0. The summed E-state index contributed by atoms with van der Waals surface area (Å²) in [4.78, 5) is 4.38. The second kappa shape index (κ2) is 4.41. The lowest BCUT2D eigenvalue weighted by molar-refractivity contribution is 0.474. The number of aromatic nitrogens is 1. The number of halogens is 1. The van der Waals surface area contributed by atoms with Crippen LogP contribution in [-0.4, -0.2) is 15.2 Å². The van der Waals surface area contributed by atoms with Crippen molar-refractivity contribution in [2.75, 3.05) is 0 Å². The first-order valence-electron chi connectivity index (χ1n) is 5.63. The van der Waals surface area contributed by atoms with E-state index in [9.17, 15) is 10.2 Å². The molecule has 0 radical (unpaired) electrons. The zero-order valence-corrected chi connectivity index (χ0v) is 12.2. The van der Waals surface area contributed by atoms with Gasteiger partial charge in [0.1, 0.15) is 17.0 Å². The van der Waals surface area contributed by atoms with E-state index < -0.39 is 0 Å². The fraction of sp³-hybridized carbons (Fsp3) is 0.0714. The van der Waals surface area contributed by atoms with Crippen molar-refractivity contribution in [1.29, 1.82) is 0 Å². The maximum atomic E-state index is 9.56. The number of hydrogen-bond donors (Lipinski definition) is 2. The lowest BCUT2D eigenvalue weighted by Crippen LogP contribution is -1.82. The molecule has 0 fully saturated rings. The molecule has 3 aromatic rings. The van der Waals surface area contributed by atoms with Crippen molar-refractivity contribution in [2.45, 2.75) is 6.92 Å².